The zero-order valence-electron chi connectivity index (χ0n) is 19.0. The Balaban J connectivity index is 1.55. The predicted octanol–water partition coefficient (Wildman–Crippen LogP) is 4.93. The lowest BCUT2D eigenvalue weighted by atomic mass is 9.80. The topological polar surface area (TPSA) is 79.3 Å². The van der Waals surface area contributed by atoms with E-state index in [1.807, 2.05) is 42.8 Å². The Labute approximate surface area is 195 Å². The minimum atomic E-state index is -1.92. The summed E-state index contributed by atoms with van der Waals surface area (Å²) in [5, 5.41) is 2.77. The van der Waals surface area contributed by atoms with E-state index in [9.17, 15) is 22.8 Å². The first-order chi connectivity index (χ1) is 16.3. The number of carbonyl (C=O) groups is 2. The number of aromatic nitrogens is 3. The van der Waals surface area contributed by atoms with Crippen LogP contribution >= 0.6 is 0 Å². The smallest absolute Gasteiger partial charge is 0.268 e. The minimum absolute atomic E-state index is 0.0191. The average Bonchev–Trinajstić information content (AvgIpc) is 3.38. The molecular weight excluding hydrogens is 445 g/mol. The van der Waals surface area contributed by atoms with E-state index in [4.69, 9.17) is 0 Å². The monoisotopic (exact) mass is 472 g/mol. The Kier molecular flexibility index (Phi) is 6.90. The van der Waals surface area contributed by atoms with Crippen LogP contribution in [0.15, 0.2) is 36.8 Å². The number of amides is 1. The maximum atomic E-state index is 14.4. The number of aromatic amines is 1. The second kappa shape index (κ2) is 9.87. The fourth-order valence-corrected chi connectivity index (χ4v) is 4.35. The standard InChI is InChI=1S/C25H27F3N4O2/c1-3-4-5-17-18(24(33)22-19(27)8-15(26)9-20(22)28)11-29-23(17)25(34)30-10-16-13-32-12-14(2)6-7-21(32)31-16/h4-7,11-13,15,19-20,22,29H,3,8-10H2,1-2H3,(H,30,34)/b5-4-. The first-order valence-electron chi connectivity index (χ1n) is 11.3. The molecule has 0 radical (unpaired) electrons. The van der Waals surface area contributed by atoms with Gasteiger partial charge in [-0.15, -0.1) is 0 Å². The van der Waals surface area contributed by atoms with Gasteiger partial charge < -0.3 is 14.7 Å². The van der Waals surface area contributed by atoms with E-state index in [1.54, 1.807) is 12.2 Å². The van der Waals surface area contributed by atoms with Crippen molar-refractivity contribution in [3.63, 3.8) is 0 Å². The van der Waals surface area contributed by atoms with Gasteiger partial charge in [-0.05, 0) is 25.0 Å². The van der Waals surface area contributed by atoms with Gasteiger partial charge in [-0.1, -0.05) is 25.1 Å². The van der Waals surface area contributed by atoms with Crippen molar-refractivity contribution in [1.82, 2.24) is 19.7 Å². The number of pyridine rings is 1. The van der Waals surface area contributed by atoms with Crippen LogP contribution in [0.4, 0.5) is 13.2 Å². The first kappa shape index (κ1) is 23.8. The van der Waals surface area contributed by atoms with Crippen LogP contribution in [0.1, 0.15) is 63.9 Å². The van der Waals surface area contributed by atoms with Gasteiger partial charge in [-0.25, -0.2) is 18.2 Å². The number of carbonyl (C=O) groups excluding carboxylic acids is 2. The summed E-state index contributed by atoms with van der Waals surface area (Å²) in [7, 11) is 0. The highest BCUT2D eigenvalue weighted by Gasteiger charge is 2.44. The lowest BCUT2D eigenvalue weighted by Gasteiger charge is -2.30. The molecule has 3 heterocycles. The molecule has 1 aliphatic rings. The molecule has 3 aromatic heterocycles. The van der Waals surface area contributed by atoms with E-state index < -0.39 is 49.0 Å². The van der Waals surface area contributed by atoms with Crippen molar-refractivity contribution in [2.45, 2.75) is 58.2 Å². The van der Waals surface area contributed by atoms with Crippen LogP contribution < -0.4 is 5.32 Å². The number of imidazole rings is 1. The second-order valence-electron chi connectivity index (χ2n) is 8.68. The maximum absolute atomic E-state index is 14.4. The molecule has 0 spiro atoms. The number of ketones is 1. The number of alkyl halides is 3. The van der Waals surface area contributed by atoms with Gasteiger partial charge in [-0.2, -0.15) is 0 Å². The van der Waals surface area contributed by atoms with Crippen molar-refractivity contribution in [3.8, 4) is 0 Å². The molecule has 4 rings (SSSR count). The fraction of sp³-hybridized carbons (Fsp3) is 0.400. The zero-order chi connectivity index (χ0) is 24.4. The highest BCUT2D eigenvalue weighted by Crippen LogP contribution is 2.35. The molecule has 0 bridgehead atoms. The van der Waals surface area contributed by atoms with E-state index in [0.717, 1.165) is 11.2 Å². The molecule has 1 fully saturated rings. The molecule has 9 heteroatoms. The second-order valence-corrected chi connectivity index (χ2v) is 8.68. The summed E-state index contributed by atoms with van der Waals surface area (Å²) in [6.45, 7) is 4.00. The van der Waals surface area contributed by atoms with Gasteiger partial charge in [0.2, 0.25) is 0 Å². The SMILES string of the molecule is CC/C=C\c1c(C(=O)C2C(F)CC(F)CC2F)c[nH]c1C(=O)NCc1cn2cc(C)ccc2n1. The number of nitrogens with one attached hydrogen (secondary N) is 2. The zero-order valence-corrected chi connectivity index (χ0v) is 19.0. The lowest BCUT2D eigenvalue weighted by molar-refractivity contribution is 0.0290. The Morgan fingerprint density at radius 3 is 2.65 bits per heavy atom. The normalized spacial score (nSPS) is 23.0. The van der Waals surface area contributed by atoms with Crippen molar-refractivity contribution in [2.75, 3.05) is 0 Å². The summed E-state index contributed by atoms with van der Waals surface area (Å²) in [4.78, 5) is 33.2. The number of rotatable bonds is 7. The average molecular weight is 473 g/mol. The van der Waals surface area contributed by atoms with Crippen LogP contribution in [0, 0.1) is 12.8 Å². The van der Waals surface area contributed by atoms with Gasteiger partial charge in [0.25, 0.3) is 5.91 Å². The van der Waals surface area contributed by atoms with Crippen LogP contribution in [0.3, 0.4) is 0 Å². The van der Waals surface area contributed by atoms with Crippen LogP contribution in [-0.2, 0) is 6.54 Å². The van der Waals surface area contributed by atoms with Crippen molar-refractivity contribution in [1.29, 1.82) is 0 Å². The summed E-state index contributed by atoms with van der Waals surface area (Å²) >= 11 is 0. The molecular formula is C25H27F3N4O2. The van der Waals surface area contributed by atoms with Crippen molar-refractivity contribution in [3.05, 3.63) is 64.9 Å². The third kappa shape index (κ3) is 4.78. The van der Waals surface area contributed by atoms with Gasteiger partial charge in [0.15, 0.2) is 5.78 Å². The number of H-pyrrole nitrogens is 1. The first-order valence-corrected chi connectivity index (χ1v) is 11.3. The van der Waals surface area contributed by atoms with E-state index in [2.05, 4.69) is 15.3 Å². The van der Waals surface area contributed by atoms with Gasteiger partial charge in [0.1, 0.15) is 29.9 Å². The summed E-state index contributed by atoms with van der Waals surface area (Å²) in [5.41, 5.74) is 2.86. The molecule has 2 atom stereocenters. The number of allylic oxidation sites excluding steroid dienone is 1. The van der Waals surface area contributed by atoms with Gasteiger partial charge in [0.05, 0.1) is 18.2 Å². The van der Waals surface area contributed by atoms with E-state index in [1.165, 1.54) is 6.20 Å². The molecule has 0 aromatic carbocycles. The Bertz CT molecular complexity index is 1220. The van der Waals surface area contributed by atoms with Gasteiger partial charge in [-0.3, -0.25) is 9.59 Å². The number of hydrogen-bond acceptors (Lipinski definition) is 3. The third-order valence-electron chi connectivity index (χ3n) is 6.06. The van der Waals surface area contributed by atoms with E-state index in [0.29, 0.717) is 12.1 Å². The lowest BCUT2D eigenvalue weighted by Crippen LogP contribution is -2.41. The highest BCUT2D eigenvalue weighted by molar-refractivity contribution is 6.06. The molecule has 2 N–H and O–H groups in total. The predicted molar refractivity (Wildman–Crippen MR) is 123 cm³/mol. The largest absolute Gasteiger partial charge is 0.356 e. The van der Waals surface area contributed by atoms with E-state index in [-0.39, 0.29) is 23.4 Å². The number of fused-ring (bicyclic) bond motifs is 1. The molecule has 1 amide bonds. The highest BCUT2D eigenvalue weighted by atomic mass is 19.2. The van der Waals surface area contributed by atoms with Gasteiger partial charge >= 0.3 is 0 Å². The quantitative estimate of drug-likeness (QED) is 0.479. The summed E-state index contributed by atoms with van der Waals surface area (Å²) in [5.74, 6) is -2.84. The Morgan fingerprint density at radius 2 is 1.94 bits per heavy atom. The molecule has 1 saturated carbocycles. The number of Topliss-reactive ketones (excluding diaryl/α,β-unsaturated/α-hetero) is 1. The molecule has 3 aromatic rings. The molecule has 0 saturated heterocycles. The van der Waals surface area contributed by atoms with Crippen LogP contribution in [0.2, 0.25) is 0 Å². The molecule has 6 nitrogen and oxygen atoms in total. The Morgan fingerprint density at radius 1 is 1.21 bits per heavy atom. The van der Waals surface area contributed by atoms with E-state index >= 15 is 0 Å². The molecule has 34 heavy (non-hydrogen) atoms. The third-order valence-corrected chi connectivity index (χ3v) is 6.06. The number of nitrogens with zero attached hydrogens (tertiary/aromatic N) is 2. The van der Waals surface area contributed by atoms with Gasteiger partial charge in [0, 0.05) is 42.6 Å². The molecule has 2 unspecified atom stereocenters. The van der Waals surface area contributed by atoms with Crippen LogP contribution in [-0.4, -0.2) is 44.6 Å². The number of hydrogen-bond donors (Lipinski definition) is 2. The molecule has 1 aliphatic carbocycles. The van der Waals surface area contributed by atoms with Crippen molar-refractivity contribution in [2.24, 2.45) is 5.92 Å². The summed E-state index contributed by atoms with van der Waals surface area (Å²) in [6.07, 6.45) is 2.55. The summed E-state index contributed by atoms with van der Waals surface area (Å²) < 4.78 is 44.3. The maximum Gasteiger partial charge on any atom is 0.268 e. The van der Waals surface area contributed by atoms with Crippen molar-refractivity contribution >= 4 is 23.4 Å². The number of aryl methyl sites for hydroxylation is 1. The fourth-order valence-electron chi connectivity index (χ4n) is 4.35. The molecule has 180 valence electrons. The number of halogens is 3. The van der Waals surface area contributed by atoms with Crippen LogP contribution in [0.5, 0.6) is 0 Å². The van der Waals surface area contributed by atoms with Crippen molar-refractivity contribution < 1.29 is 22.8 Å². The minimum Gasteiger partial charge on any atom is -0.356 e. The Hall–Kier alpha value is -3.36. The molecule has 0 aliphatic heterocycles. The van der Waals surface area contributed by atoms with Crippen LogP contribution in [0.25, 0.3) is 11.7 Å². The summed E-state index contributed by atoms with van der Waals surface area (Å²) in [6, 6.07) is 3.82.